The van der Waals surface area contributed by atoms with E-state index >= 15 is 0 Å². The van der Waals surface area contributed by atoms with Gasteiger partial charge in [0.05, 0.1) is 5.69 Å². The van der Waals surface area contributed by atoms with Crippen LogP contribution in [0.4, 0.5) is 0 Å². The Bertz CT molecular complexity index is 963. The maximum Gasteiger partial charge on any atom is 0.235 e. The van der Waals surface area contributed by atoms with Crippen molar-refractivity contribution in [3.63, 3.8) is 0 Å². The van der Waals surface area contributed by atoms with E-state index in [-0.39, 0.29) is 5.92 Å². The Morgan fingerprint density at radius 2 is 1.83 bits per heavy atom. The van der Waals surface area contributed by atoms with Crippen molar-refractivity contribution in [3.05, 3.63) is 47.9 Å². The van der Waals surface area contributed by atoms with Gasteiger partial charge in [-0.2, -0.15) is 14.7 Å². The van der Waals surface area contributed by atoms with Crippen molar-refractivity contribution in [2.24, 2.45) is 0 Å². The molecule has 3 heterocycles. The third-order valence-electron chi connectivity index (χ3n) is 3.64. The minimum Gasteiger partial charge on any atom is -0.237 e. The van der Waals surface area contributed by atoms with Crippen molar-refractivity contribution in [1.29, 1.82) is 0 Å². The van der Waals surface area contributed by atoms with E-state index in [2.05, 4.69) is 29.1 Å². The fourth-order valence-corrected chi connectivity index (χ4v) is 3.31. The van der Waals surface area contributed by atoms with Crippen molar-refractivity contribution in [2.45, 2.75) is 26.7 Å². The van der Waals surface area contributed by atoms with E-state index in [1.807, 2.05) is 52.5 Å². The van der Waals surface area contributed by atoms with Crippen LogP contribution in [0.2, 0.25) is 0 Å². The van der Waals surface area contributed by atoms with Crippen LogP contribution in [0.5, 0.6) is 0 Å². The number of nitrogens with zero attached hydrogens (tertiary/aromatic N) is 6. The van der Waals surface area contributed by atoms with Gasteiger partial charge in [-0.15, -0.1) is 10.2 Å². The Morgan fingerprint density at radius 1 is 1.04 bits per heavy atom. The number of fused-ring (bicyclic) bond motifs is 1. The van der Waals surface area contributed by atoms with Gasteiger partial charge in [0.2, 0.25) is 4.96 Å². The molecule has 0 unspecified atom stereocenters. The lowest BCUT2D eigenvalue weighted by atomic mass is 10.2. The molecule has 0 N–H and O–H groups in total. The first-order valence-electron chi connectivity index (χ1n) is 7.48. The monoisotopic (exact) mass is 324 g/mol. The summed E-state index contributed by atoms with van der Waals surface area (Å²) in [5, 5.41) is 18.6. The van der Waals surface area contributed by atoms with Crippen LogP contribution in [0.1, 0.15) is 31.3 Å². The predicted molar refractivity (Wildman–Crippen MR) is 90.0 cm³/mol. The van der Waals surface area contributed by atoms with Gasteiger partial charge in [0.15, 0.2) is 10.8 Å². The van der Waals surface area contributed by atoms with Crippen molar-refractivity contribution < 1.29 is 0 Å². The van der Waals surface area contributed by atoms with Gasteiger partial charge in [-0.05, 0) is 25.1 Å². The summed E-state index contributed by atoms with van der Waals surface area (Å²) in [6, 6.07) is 12.1. The van der Waals surface area contributed by atoms with Gasteiger partial charge in [0.25, 0.3) is 0 Å². The molecule has 0 amide bonds. The predicted octanol–water partition coefficient (Wildman–Crippen LogP) is 3.47. The number of aromatic nitrogens is 6. The highest BCUT2D eigenvalue weighted by Gasteiger charge is 2.17. The van der Waals surface area contributed by atoms with Gasteiger partial charge in [0.1, 0.15) is 5.69 Å². The van der Waals surface area contributed by atoms with Crippen LogP contribution in [-0.2, 0) is 0 Å². The van der Waals surface area contributed by atoms with Crippen molar-refractivity contribution in [3.8, 4) is 16.4 Å². The molecule has 23 heavy (non-hydrogen) atoms. The van der Waals surface area contributed by atoms with Crippen LogP contribution in [0.3, 0.4) is 0 Å². The Kier molecular flexibility index (Phi) is 3.23. The average molecular weight is 324 g/mol. The van der Waals surface area contributed by atoms with Crippen LogP contribution in [-0.4, -0.2) is 29.6 Å². The van der Waals surface area contributed by atoms with E-state index in [1.54, 1.807) is 0 Å². The molecule has 6 nitrogen and oxygen atoms in total. The minimum atomic E-state index is 0.281. The Balaban J connectivity index is 1.80. The molecule has 0 atom stereocenters. The van der Waals surface area contributed by atoms with E-state index < -0.39 is 0 Å². The Labute approximate surface area is 137 Å². The van der Waals surface area contributed by atoms with Gasteiger partial charge in [-0.3, -0.25) is 0 Å². The normalized spacial score (nSPS) is 11.7. The molecule has 0 radical (unpaired) electrons. The average Bonchev–Trinajstić information content (AvgIpc) is 3.20. The molecule has 0 fully saturated rings. The first-order chi connectivity index (χ1) is 11.1. The zero-order valence-corrected chi connectivity index (χ0v) is 13.9. The second-order valence-corrected chi connectivity index (χ2v) is 6.69. The van der Waals surface area contributed by atoms with Gasteiger partial charge in [-0.1, -0.05) is 43.4 Å². The number of para-hydroxylation sites is 1. The van der Waals surface area contributed by atoms with Gasteiger partial charge >= 0.3 is 0 Å². The maximum atomic E-state index is 4.70. The van der Waals surface area contributed by atoms with Crippen molar-refractivity contribution in [1.82, 2.24) is 29.6 Å². The summed E-state index contributed by atoms with van der Waals surface area (Å²) < 4.78 is 3.75. The molecule has 0 aliphatic rings. The lowest BCUT2D eigenvalue weighted by Gasteiger charge is -2.02. The maximum absolute atomic E-state index is 4.70. The van der Waals surface area contributed by atoms with Crippen LogP contribution in [0.25, 0.3) is 21.3 Å². The molecule has 4 aromatic rings. The smallest absolute Gasteiger partial charge is 0.235 e. The number of aryl methyl sites for hydroxylation is 1. The summed E-state index contributed by atoms with van der Waals surface area (Å²) in [6.07, 6.45) is 0. The summed E-state index contributed by atoms with van der Waals surface area (Å²) in [6.45, 7) is 6.22. The summed E-state index contributed by atoms with van der Waals surface area (Å²) in [4.78, 5) is 0.801. The van der Waals surface area contributed by atoms with E-state index in [1.165, 1.54) is 11.3 Å². The quantitative estimate of drug-likeness (QED) is 0.579. The van der Waals surface area contributed by atoms with E-state index in [0.29, 0.717) is 0 Å². The number of hydrogen-bond acceptors (Lipinski definition) is 5. The zero-order chi connectivity index (χ0) is 16.0. The zero-order valence-electron chi connectivity index (χ0n) is 13.1. The van der Waals surface area contributed by atoms with E-state index in [9.17, 15) is 0 Å². The van der Waals surface area contributed by atoms with Gasteiger partial charge in [0, 0.05) is 11.6 Å². The summed E-state index contributed by atoms with van der Waals surface area (Å²) in [5.74, 6) is 1.16. The summed E-state index contributed by atoms with van der Waals surface area (Å²) >= 11 is 1.51. The fraction of sp³-hybridized carbons (Fsp3) is 0.250. The molecule has 0 saturated heterocycles. The second kappa shape index (κ2) is 5.27. The lowest BCUT2D eigenvalue weighted by molar-refractivity contribution is 0.726. The number of hydrogen-bond donors (Lipinski definition) is 0. The number of rotatable bonds is 3. The third-order valence-corrected chi connectivity index (χ3v) is 4.56. The molecular formula is C16H16N6S. The lowest BCUT2D eigenvalue weighted by Crippen LogP contribution is -1.99. The highest BCUT2D eigenvalue weighted by atomic mass is 32.1. The van der Waals surface area contributed by atoms with Crippen molar-refractivity contribution in [2.75, 3.05) is 0 Å². The molecule has 4 rings (SSSR count). The molecule has 0 spiro atoms. The first-order valence-corrected chi connectivity index (χ1v) is 8.30. The summed E-state index contributed by atoms with van der Waals surface area (Å²) in [5.41, 5.74) is 2.97. The van der Waals surface area contributed by atoms with Crippen LogP contribution in [0.15, 0.2) is 36.4 Å². The fourth-order valence-electron chi connectivity index (χ4n) is 2.51. The SMILES string of the molecule is Cc1cc(-c2nn3c(C(C)C)nnc3s2)nn1-c1ccccc1. The minimum absolute atomic E-state index is 0.281. The van der Waals surface area contributed by atoms with Gasteiger partial charge < -0.3 is 0 Å². The highest BCUT2D eigenvalue weighted by molar-refractivity contribution is 7.19. The molecule has 0 aliphatic carbocycles. The molecule has 116 valence electrons. The molecule has 7 heteroatoms. The standard InChI is InChI=1S/C16H16N6S/c1-10(2)14-17-18-16-22(14)20-15(23-16)13-9-11(3)21(19-13)12-7-5-4-6-8-12/h4-10H,1-3H3. The van der Waals surface area contributed by atoms with Gasteiger partial charge in [-0.25, -0.2) is 4.68 Å². The Hall–Kier alpha value is -2.54. The van der Waals surface area contributed by atoms with Crippen LogP contribution < -0.4 is 0 Å². The highest BCUT2D eigenvalue weighted by Crippen LogP contribution is 2.27. The Morgan fingerprint density at radius 3 is 2.57 bits per heavy atom. The topological polar surface area (TPSA) is 60.9 Å². The second-order valence-electron chi connectivity index (χ2n) is 5.73. The largest absolute Gasteiger partial charge is 0.237 e. The van der Waals surface area contributed by atoms with E-state index in [0.717, 1.165) is 32.9 Å². The molecule has 0 saturated carbocycles. The first kappa shape index (κ1) is 14.1. The van der Waals surface area contributed by atoms with E-state index in [4.69, 9.17) is 5.10 Å². The molecule has 0 bridgehead atoms. The molecule has 3 aromatic heterocycles. The number of benzene rings is 1. The molecular weight excluding hydrogens is 308 g/mol. The molecule has 0 aliphatic heterocycles. The third kappa shape index (κ3) is 2.33. The van der Waals surface area contributed by atoms with Crippen LogP contribution in [0, 0.1) is 6.92 Å². The summed E-state index contributed by atoms with van der Waals surface area (Å²) in [7, 11) is 0. The van der Waals surface area contributed by atoms with Crippen molar-refractivity contribution >= 4 is 16.3 Å². The van der Waals surface area contributed by atoms with Crippen LogP contribution >= 0.6 is 11.3 Å². The molecule has 1 aromatic carbocycles.